The fourth-order valence-electron chi connectivity index (χ4n) is 5.30. The van der Waals surface area contributed by atoms with Crippen molar-refractivity contribution >= 4 is 28.9 Å². The van der Waals surface area contributed by atoms with Gasteiger partial charge in [0.15, 0.2) is 23.2 Å². The molecule has 0 unspecified atom stereocenters. The van der Waals surface area contributed by atoms with Crippen molar-refractivity contribution in [3.05, 3.63) is 35.2 Å². The fourth-order valence-corrected chi connectivity index (χ4v) is 5.46. The van der Waals surface area contributed by atoms with Crippen LogP contribution < -0.4 is 15.0 Å². The lowest BCUT2D eigenvalue weighted by Gasteiger charge is -2.39. The number of nitrogens with one attached hydrogen (secondary N) is 1. The third-order valence-corrected chi connectivity index (χ3v) is 7.15. The van der Waals surface area contributed by atoms with E-state index < -0.39 is 12.8 Å². The molecule has 12 heteroatoms. The first-order valence-corrected chi connectivity index (χ1v) is 11.8. The molecule has 1 N–H and O–H groups in total. The predicted molar refractivity (Wildman–Crippen MR) is 119 cm³/mol. The minimum absolute atomic E-state index is 0.0853. The van der Waals surface area contributed by atoms with Gasteiger partial charge in [0.05, 0.1) is 11.9 Å². The Kier molecular flexibility index (Phi) is 5.20. The molecule has 3 aliphatic rings. The highest BCUT2D eigenvalue weighted by atomic mass is 35.5. The quantitative estimate of drug-likeness (QED) is 0.547. The molecule has 180 valence electrons. The number of nitrogens with zero attached hydrogens (tertiary/aromatic N) is 6. The molecule has 0 radical (unpaired) electrons. The first-order valence-electron chi connectivity index (χ1n) is 11.4. The number of ether oxygens (including phenoxy) is 1. The lowest BCUT2D eigenvalue weighted by Crippen LogP contribution is -2.48. The Labute approximate surface area is 198 Å². The van der Waals surface area contributed by atoms with Crippen LogP contribution in [0.5, 0.6) is 5.75 Å². The van der Waals surface area contributed by atoms with Crippen LogP contribution in [-0.2, 0) is 0 Å². The number of fused-ring (bicyclic) bond motifs is 3. The van der Waals surface area contributed by atoms with E-state index in [2.05, 4.69) is 30.5 Å². The fraction of sp³-hybridized carbons (Fsp3) is 0.545. The Bertz CT molecular complexity index is 1200. The SMILES string of the molecule is FC(F)(F)COc1ccc(C2CC2)n2nc(N[C@@H]3[C@@H]4CC[C@H]3CN(c3cnnc(Cl)c3)C4)nc12. The van der Waals surface area contributed by atoms with Crippen molar-refractivity contribution < 1.29 is 17.9 Å². The van der Waals surface area contributed by atoms with Crippen molar-refractivity contribution in [3.8, 4) is 5.75 Å². The lowest BCUT2D eigenvalue weighted by atomic mass is 9.92. The van der Waals surface area contributed by atoms with Gasteiger partial charge >= 0.3 is 6.18 Å². The van der Waals surface area contributed by atoms with E-state index in [1.165, 1.54) is 0 Å². The summed E-state index contributed by atoms with van der Waals surface area (Å²) < 4.78 is 44.9. The van der Waals surface area contributed by atoms with Crippen LogP contribution in [0.15, 0.2) is 24.4 Å². The lowest BCUT2D eigenvalue weighted by molar-refractivity contribution is -0.153. The molecule has 3 aromatic rings. The Balaban J connectivity index is 1.24. The monoisotopic (exact) mass is 493 g/mol. The van der Waals surface area contributed by atoms with Crippen LogP contribution in [0.2, 0.25) is 5.15 Å². The number of anilines is 2. The topological polar surface area (TPSA) is 80.5 Å². The zero-order valence-electron chi connectivity index (χ0n) is 18.2. The van der Waals surface area contributed by atoms with Crippen LogP contribution in [0, 0.1) is 11.8 Å². The summed E-state index contributed by atoms with van der Waals surface area (Å²) in [5.41, 5.74) is 2.23. The maximum atomic E-state index is 12.7. The van der Waals surface area contributed by atoms with Gasteiger partial charge in [-0.1, -0.05) is 11.6 Å². The van der Waals surface area contributed by atoms with Gasteiger partial charge in [-0.15, -0.1) is 10.2 Å². The van der Waals surface area contributed by atoms with E-state index in [4.69, 9.17) is 16.3 Å². The highest BCUT2D eigenvalue weighted by Gasteiger charge is 2.43. The molecule has 1 aliphatic heterocycles. The van der Waals surface area contributed by atoms with E-state index in [9.17, 15) is 13.2 Å². The Morgan fingerprint density at radius 2 is 1.88 bits per heavy atom. The van der Waals surface area contributed by atoms with E-state index in [0.717, 1.165) is 50.2 Å². The first-order chi connectivity index (χ1) is 16.3. The van der Waals surface area contributed by atoms with E-state index in [1.54, 1.807) is 22.8 Å². The second-order valence-corrected chi connectivity index (χ2v) is 9.77. The molecule has 0 amide bonds. The number of piperidine rings is 1. The summed E-state index contributed by atoms with van der Waals surface area (Å²) in [5.74, 6) is 1.62. The van der Waals surface area contributed by atoms with Crippen LogP contribution in [0.25, 0.3) is 5.65 Å². The number of pyridine rings is 1. The largest absolute Gasteiger partial charge is 0.480 e. The molecule has 4 heterocycles. The molecule has 3 aromatic heterocycles. The summed E-state index contributed by atoms with van der Waals surface area (Å²) in [6.45, 7) is 0.325. The summed E-state index contributed by atoms with van der Waals surface area (Å²) in [7, 11) is 0. The van der Waals surface area contributed by atoms with Crippen LogP contribution in [0.4, 0.5) is 24.8 Å². The molecule has 8 nitrogen and oxygen atoms in total. The van der Waals surface area contributed by atoms with Crippen molar-refractivity contribution in [1.29, 1.82) is 0 Å². The predicted octanol–water partition coefficient (Wildman–Crippen LogP) is 4.32. The number of hydrogen-bond donors (Lipinski definition) is 1. The van der Waals surface area contributed by atoms with Crippen LogP contribution in [-0.4, -0.2) is 56.7 Å². The zero-order chi connectivity index (χ0) is 23.4. The van der Waals surface area contributed by atoms with Gasteiger partial charge in [0.2, 0.25) is 5.95 Å². The van der Waals surface area contributed by atoms with E-state index in [0.29, 0.717) is 34.5 Å². The molecule has 2 aliphatic carbocycles. The van der Waals surface area contributed by atoms with Crippen LogP contribution in [0.3, 0.4) is 0 Å². The average molecular weight is 494 g/mol. The third-order valence-electron chi connectivity index (χ3n) is 6.97. The second kappa shape index (κ2) is 8.14. The zero-order valence-corrected chi connectivity index (χ0v) is 18.9. The van der Waals surface area contributed by atoms with Gasteiger partial charge in [0.1, 0.15) is 0 Å². The maximum Gasteiger partial charge on any atom is 0.422 e. The van der Waals surface area contributed by atoms with Crippen LogP contribution in [0.1, 0.15) is 37.3 Å². The van der Waals surface area contributed by atoms with Gasteiger partial charge in [0, 0.05) is 36.8 Å². The van der Waals surface area contributed by atoms with Gasteiger partial charge in [-0.25, -0.2) is 4.52 Å². The molecule has 0 aromatic carbocycles. The highest BCUT2D eigenvalue weighted by Crippen LogP contribution is 2.42. The average Bonchev–Trinajstić information content (AvgIpc) is 3.50. The van der Waals surface area contributed by atoms with Gasteiger partial charge in [0.25, 0.3) is 0 Å². The van der Waals surface area contributed by atoms with Crippen molar-refractivity contribution in [2.24, 2.45) is 11.8 Å². The van der Waals surface area contributed by atoms with Gasteiger partial charge in [-0.3, -0.25) is 0 Å². The molecule has 0 spiro atoms. The van der Waals surface area contributed by atoms with Gasteiger partial charge in [-0.05, 0) is 49.7 Å². The Morgan fingerprint density at radius 1 is 1.12 bits per heavy atom. The summed E-state index contributed by atoms with van der Waals surface area (Å²) in [6, 6.07) is 5.38. The standard InChI is InChI=1S/C22H23ClF3N7O/c23-18-7-15(8-27-30-18)32-9-13-3-4-14(10-32)19(13)28-21-29-20-17(34-11-22(24,25)26)6-5-16(12-1-2-12)33(20)31-21/h5-8,12-14,19H,1-4,9-11H2,(H,28,31)/t13-,14+,19-. The van der Waals surface area contributed by atoms with E-state index in [-0.39, 0.29) is 11.8 Å². The number of aromatic nitrogens is 5. The van der Waals surface area contributed by atoms with Gasteiger partial charge < -0.3 is 15.0 Å². The van der Waals surface area contributed by atoms with Crippen molar-refractivity contribution in [1.82, 2.24) is 24.8 Å². The maximum absolute atomic E-state index is 12.7. The number of halogens is 4. The first kappa shape index (κ1) is 21.7. The Hall–Kier alpha value is -2.82. The molecule has 6 rings (SSSR count). The van der Waals surface area contributed by atoms with Crippen LogP contribution >= 0.6 is 11.6 Å². The molecule has 34 heavy (non-hydrogen) atoms. The molecule has 2 saturated carbocycles. The van der Waals surface area contributed by atoms with Crippen molar-refractivity contribution in [3.63, 3.8) is 0 Å². The smallest absolute Gasteiger partial charge is 0.422 e. The normalized spacial score (nSPS) is 24.6. The summed E-state index contributed by atoms with van der Waals surface area (Å²) in [6.07, 6.45) is 1.53. The minimum Gasteiger partial charge on any atom is -0.480 e. The third kappa shape index (κ3) is 4.21. The molecule has 2 bridgehead atoms. The summed E-state index contributed by atoms with van der Waals surface area (Å²) in [4.78, 5) is 6.85. The molecular weight excluding hydrogens is 471 g/mol. The van der Waals surface area contributed by atoms with E-state index in [1.807, 2.05) is 6.07 Å². The Morgan fingerprint density at radius 3 is 2.56 bits per heavy atom. The van der Waals surface area contributed by atoms with E-state index >= 15 is 0 Å². The second-order valence-electron chi connectivity index (χ2n) is 9.38. The molecule has 3 fully saturated rings. The number of alkyl halides is 3. The summed E-state index contributed by atoms with van der Waals surface area (Å²) in [5, 5.41) is 16.3. The highest BCUT2D eigenvalue weighted by molar-refractivity contribution is 6.29. The summed E-state index contributed by atoms with van der Waals surface area (Å²) >= 11 is 6.02. The van der Waals surface area contributed by atoms with Gasteiger partial charge in [-0.2, -0.15) is 23.3 Å². The number of hydrogen-bond acceptors (Lipinski definition) is 7. The molecule has 3 atom stereocenters. The number of rotatable bonds is 6. The minimum atomic E-state index is -4.42. The molecule has 1 saturated heterocycles. The molecular formula is C22H23ClF3N7O. The van der Waals surface area contributed by atoms with Crippen molar-refractivity contribution in [2.75, 3.05) is 29.9 Å². The van der Waals surface area contributed by atoms with Crippen molar-refractivity contribution in [2.45, 2.75) is 43.8 Å².